The van der Waals surface area contributed by atoms with E-state index in [4.69, 9.17) is 10.00 Å². The molecule has 1 saturated heterocycles. The lowest BCUT2D eigenvalue weighted by molar-refractivity contribution is 0.222. The average molecular weight is 429 g/mol. The van der Waals surface area contributed by atoms with Crippen LogP contribution in [-0.4, -0.2) is 44.3 Å². The summed E-state index contributed by atoms with van der Waals surface area (Å²) in [7, 11) is -3.33. The molecule has 9 heteroatoms. The molecule has 4 rings (SSSR count). The van der Waals surface area contributed by atoms with Crippen LogP contribution in [0.25, 0.3) is 10.2 Å². The van der Waals surface area contributed by atoms with Crippen LogP contribution < -0.4 is 9.64 Å². The van der Waals surface area contributed by atoms with E-state index in [0.29, 0.717) is 29.5 Å². The number of sulfone groups is 1. The molecule has 150 valence electrons. The van der Waals surface area contributed by atoms with Gasteiger partial charge in [0, 0.05) is 37.5 Å². The molecule has 1 fully saturated rings. The minimum absolute atomic E-state index is 0.276. The molecule has 1 aliphatic heterocycles. The average Bonchev–Trinajstić information content (AvgIpc) is 3.16. The Labute approximate surface area is 173 Å². The Morgan fingerprint density at radius 1 is 1.38 bits per heavy atom. The lowest BCUT2D eigenvalue weighted by Crippen LogP contribution is -2.37. The van der Waals surface area contributed by atoms with Gasteiger partial charge in [-0.1, -0.05) is 17.4 Å². The van der Waals surface area contributed by atoms with Crippen LogP contribution >= 0.6 is 11.3 Å². The third-order valence-electron chi connectivity index (χ3n) is 4.89. The number of nitriles is 1. The zero-order valence-corrected chi connectivity index (χ0v) is 17.5. The zero-order valence-electron chi connectivity index (χ0n) is 15.9. The maximum absolute atomic E-state index is 12.1. The first-order chi connectivity index (χ1) is 13.9. The summed E-state index contributed by atoms with van der Waals surface area (Å²) in [6, 6.07) is 10.6. The number of rotatable bonds is 5. The topological polar surface area (TPSA) is 96.2 Å². The molecule has 7 nitrogen and oxygen atoms in total. The molecule has 29 heavy (non-hydrogen) atoms. The van der Waals surface area contributed by atoms with Crippen LogP contribution in [0.2, 0.25) is 0 Å². The highest BCUT2D eigenvalue weighted by Gasteiger charge is 2.24. The summed E-state index contributed by atoms with van der Waals surface area (Å²) in [4.78, 5) is 11.3. The predicted octanol–water partition coefficient (Wildman–Crippen LogP) is 3.26. The molecule has 0 saturated carbocycles. The summed E-state index contributed by atoms with van der Waals surface area (Å²) in [5.41, 5.74) is 1.07. The van der Waals surface area contributed by atoms with Crippen LogP contribution in [0.1, 0.15) is 18.4 Å². The molecule has 0 aliphatic carbocycles. The molecule has 0 radical (unpaired) electrons. The number of ether oxygens (including phenoxy) is 1. The van der Waals surface area contributed by atoms with E-state index < -0.39 is 9.84 Å². The molecule has 1 aromatic carbocycles. The number of pyridine rings is 1. The molecular formula is C20H20N4O3S2. The molecule has 1 atom stereocenters. The van der Waals surface area contributed by atoms with Gasteiger partial charge in [0.15, 0.2) is 15.0 Å². The van der Waals surface area contributed by atoms with Crippen molar-refractivity contribution in [2.75, 3.05) is 30.9 Å². The van der Waals surface area contributed by atoms with Crippen molar-refractivity contribution in [1.29, 1.82) is 5.26 Å². The van der Waals surface area contributed by atoms with Crippen LogP contribution in [0, 0.1) is 17.2 Å². The molecule has 0 spiro atoms. The first-order valence-electron chi connectivity index (χ1n) is 9.27. The molecule has 0 N–H and O–H groups in total. The number of piperidine rings is 1. The molecule has 0 bridgehead atoms. The highest BCUT2D eigenvalue weighted by molar-refractivity contribution is 7.91. The van der Waals surface area contributed by atoms with Crippen LogP contribution in [-0.2, 0) is 9.84 Å². The van der Waals surface area contributed by atoms with Crippen LogP contribution in [0.3, 0.4) is 0 Å². The number of anilines is 1. The van der Waals surface area contributed by atoms with Gasteiger partial charge in [-0.15, -0.1) is 0 Å². The molecule has 2 aromatic heterocycles. The number of thiazole rings is 1. The standard InChI is InChI=1S/C20H20N4O3S2/c1-29(25,26)17-6-2-5-16-19(17)23-20(28-16)24-9-3-4-15(12-24)13-27-18-10-14(11-21)7-8-22-18/h2,5-8,10,15H,3-4,9,12-13H2,1H3. The Hall–Kier alpha value is -2.70. The number of nitrogens with zero attached hydrogens (tertiary/aromatic N) is 4. The second-order valence-corrected chi connectivity index (χ2v) is 10.1. The van der Waals surface area contributed by atoms with E-state index in [9.17, 15) is 8.42 Å². The fourth-order valence-corrected chi connectivity index (χ4v) is 5.41. The summed E-state index contributed by atoms with van der Waals surface area (Å²) < 4.78 is 30.8. The van der Waals surface area contributed by atoms with Crippen molar-refractivity contribution in [3.63, 3.8) is 0 Å². The first kappa shape index (κ1) is 19.6. The maximum atomic E-state index is 12.1. The van der Waals surface area contributed by atoms with Crippen molar-refractivity contribution in [3.8, 4) is 11.9 Å². The molecule has 1 aliphatic rings. The van der Waals surface area contributed by atoms with E-state index in [1.165, 1.54) is 17.6 Å². The van der Waals surface area contributed by atoms with E-state index >= 15 is 0 Å². The number of fused-ring (bicyclic) bond motifs is 1. The fourth-order valence-electron chi connectivity index (χ4n) is 3.48. The van der Waals surface area contributed by atoms with Gasteiger partial charge in [0.2, 0.25) is 5.88 Å². The Kier molecular flexibility index (Phi) is 5.39. The quantitative estimate of drug-likeness (QED) is 0.615. The third-order valence-corrected chi connectivity index (χ3v) is 7.10. The van der Waals surface area contributed by atoms with Gasteiger partial charge in [0.1, 0.15) is 5.52 Å². The summed E-state index contributed by atoms with van der Waals surface area (Å²) in [5.74, 6) is 0.761. The highest BCUT2D eigenvalue weighted by atomic mass is 32.2. The third kappa shape index (κ3) is 4.33. The lowest BCUT2D eigenvalue weighted by atomic mass is 9.99. The second-order valence-electron chi connectivity index (χ2n) is 7.13. The van der Waals surface area contributed by atoms with Crippen LogP contribution in [0.15, 0.2) is 41.4 Å². The summed E-state index contributed by atoms with van der Waals surface area (Å²) in [6.45, 7) is 2.18. The van der Waals surface area contributed by atoms with Crippen molar-refractivity contribution in [2.24, 2.45) is 5.92 Å². The minimum Gasteiger partial charge on any atom is -0.477 e. The highest BCUT2D eigenvalue weighted by Crippen LogP contribution is 2.34. The molecule has 3 aromatic rings. The number of hydrogen-bond acceptors (Lipinski definition) is 8. The van der Waals surface area contributed by atoms with E-state index in [2.05, 4.69) is 20.9 Å². The number of benzene rings is 1. The van der Waals surface area contributed by atoms with E-state index in [1.54, 1.807) is 30.5 Å². The van der Waals surface area contributed by atoms with Gasteiger partial charge in [-0.2, -0.15) is 5.26 Å². The molecular weight excluding hydrogens is 408 g/mol. The van der Waals surface area contributed by atoms with Gasteiger partial charge >= 0.3 is 0 Å². The lowest BCUT2D eigenvalue weighted by Gasteiger charge is -2.32. The van der Waals surface area contributed by atoms with Gasteiger partial charge in [-0.25, -0.2) is 18.4 Å². The zero-order chi connectivity index (χ0) is 20.4. The Bertz CT molecular complexity index is 1180. The number of para-hydroxylation sites is 1. The van der Waals surface area contributed by atoms with Crippen molar-refractivity contribution in [3.05, 3.63) is 42.1 Å². The van der Waals surface area contributed by atoms with Gasteiger partial charge in [0.05, 0.1) is 27.8 Å². The van der Waals surface area contributed by atoms with E-state index in [1.807, 2.05) is 6.07 Å². The maximum Gasteiger partial charge on any atom is 0.214 e. The van der Waals surface area contributed by atoms with Crippen LogP contribution in [0.4, 0.5) is 5.13 Å². The first-order valence-corrected chi connectivity index (χ1v) is 12.0. The van der Waals surface area contributed by atoms with E-state index in [0.717, 1.165) is 35.8 Å². The smallest absolute Gasteiger partial charge is 0.214 e. The van der Waals surface area contributed by atoms with Crippen molar-refractivity contribution in [2.45, 2.75) is 17.7 Å². The Morgan fingerprint density at radius 3 is 3.03 bits per heavy atom. The van der Waals surface area contributed by atoms with Crippen molar-refractivity contribution >= 4 is 36.5 Å². The fraction of sp³-hybridized carbons (Fsp3) is 0.350. The number of aromatic nitrogens is 2. The van der Waals surface area contributed by atoms with Crippen LogP contribution in [0.5, 0.6) is 5.88 Å². The van der Waals surface area contributed by atoms with Gasteiger partial charge < -0.3 is 9.64 Å². The SMILES string of the molecule is CS(=O)(=O)c1cccc2sc(N3CCCC(COc4cc(C#N)ccn4)C3)nc12. The molecule has 3 heterocycles. The van der Waals surface area contributed by atoms with Gasteiger partial charge in [-0.3, -0.25) is 0 Å². The normalized spacial score (nSPS) is 17.2. The monoisotopic (exact) mass is 428 g/mol. The summed E-state index contributed by atoms with van der Waals surface area (Å²) >= 11 is 1.52. The van der Waals surface area contributed by atoms with Gasteiger partial charge in [0.25, 0.3) is 0 Å². The van der Waals surface area contributed by atoms with Crippen molar-refractivity contribution < 1.29 is 13.2 Å². The van der Waals surface area contributed by atoms with Gasteiger partial charge in [-0.05, 0) is 31.0 Å². The molecule has 0 amide bonds. The summed E-state index contributed by atoms with van der Waals surface area (Å²) in [5, 5.41) is 9.82. The predicted molar refractivity (Wildman–Crippen MR) is 112 cm³/mol. The number of hydrogen-bond donors (Lipinski definition) is 0. The van der Waals surface area contributed by atoms with Crippen molar-refractivity contribution in [1.82, 2.24) is 9.97 Å². The Morgan fingerprint density at radius 2 is 2.24 bits per heavy atom. The summed E-state index contributed by atoms with van der Waals surface area (Å²) in [6.07, 6.45) is 4.83. The van der Waals surface area contributed by atoms with E-state index in [-0.39, 0.29) is 4.90 Å². The largest absolute Gasteiger partial charge is 0.477 e. The molecule has 1 unspecified atom stereocenters. The Balaban J connectivity index is 1.49. The minimum atomic E-state index is -3.33. The second kappa shape index (κ2) is 7.97.